The molecule has 4 unspecified atom stereocenters. The van der Waals surface area contributed by atoms with E-state index in [2.05, 4.69) is 6.92 Å². The summed E-state index contributed by atoms with van der Waals surface area (Å²) in [7, 11) is 0. The minimum Gasteiger partial charge on any atom is -0.489 e. The van der Waals surface area contributed by atoms with Gasteiger partial charge in [-0.2, -0.15) is 0 Å². The van der Waals surface area contributed by atoms with Gasteiger partial charge < -0.3 is 4.74 Å². The van der Waals surface area contributed by atoms with E-state index in [0.717, 1.165) is 48.0 Å². The molecule has 0 aliphatic heterocycles. The van der Waals surface area contributed by atoms with Crippen molar-refractivity contribution < 1.29 is 9.13 Å². The molecule has 4 atom stereocenters. The van der Waals surface area contributed by atoms with Crippen molar-refractivity contribution in [2.75, 3.05) is 6.61 Å². The van der Waals surface area contributed by atoms with Crippen LogP contribution in [0.2, 0.25) is 0 Å². The van der Waals surface area contributed by atoms with Crippen molar-refractivity contribution in [2.45, 2.75) is 96.8 Å². The highest BCUT2D eigenvalue weighted by Crippen LogP contribution is 2.50. The molecule has 1 aromatic carbocycles. The molecular formula is C29H43FO. The highest BCUT2D eigenvalue weighted by molar-refractivity contribution is 5.31. The van der Waals surface area contributed by atoms with Gasteiger partial charge in [-0.1, -0.05) is 44.4 Å². The second-order valence-corrected chi connectivity index (χ2v) is 10.7. The Bertz CT molecular complexity index is 717. The van der Waals surface area contributed by atoms with E-state index in [9.17, 15) is 4.39 Å². The number of hydrogen-bond acceptors (Lipinski definition) is 1. The van der Waals surface area contributed by atoms with Gasteiger partial charge in [-0.3, -0.25) is 0 Å². The molecular weight excluding hydrogens is 383 g/mol. The largest absolute Gasteiger partial charge is 0.489 e. The lowest BCUT2D eigenvalue weighted by atomic mass is 9.60. The number of hydrogen-bond donors (Lipinski definition) is 0. The van der Waals surface area contributed by atoms with Gasteiger partial charge in [0.15, 0.2) is 0 Å². The summed E-state index contributed by atoms with van der Waals surface area (Å²) in [5.74, 6) is 5.84. The molecule has 1 aromatic rings. The van der Waals surface area contributed by atoms with Gasteiger partial charge in [-0.15, -0.1) is 0 Å². The van der Waals surface area contributed by atoms with Crippen LogP contribution < -0.4 is 4.74 Å². The first-order valence-corrected chi connectivity index (χ1v) is 13.2. The minimum atomic E-state index is -0.0780. The molecule has 172 valence electrons. The summed E-state index contributed by atoms with van der Waals surface area (Å²) in [6.45, 7) is 4.81. The fourth-order valence-electron chi connectivity index (χ4n) is 7.19. The number of allylic oxidation sites excluding steroid dienone is 1. The molecule has 0 bridgehead atoms. The van der Waals surface area contributed by atoms with Crippen LogP contribution in [0.3, 0.4) is 0 Å². The maximum atomic E-state index is 14.8. The van der Waals surface area contributed by atoms with Crippen LogP contribution in [0.15, 0.2) is 30.4 Å². The van der Waals surface area contributed by atoms with Gasteiger partial charge in [-0.05, 0) is 112 Å². The summed E-state index contributed by atoms with van der Waals surface area (Å²) in [6.07, 6.45) is 20.6. The van der Waals surface area contributed by atoms with E-state index in [1.165, 1.54) is 64.2 Å². The lowest BCUT2D eigenvalue weighted by Gasteiger charge is -2.45. The summed E-state index contributed by atoms with van der Waals surface area (Å²) >= 11 is 0. The van der Waals surface area contributed by atoms with Gasteiger partial charge in [0.25, 0.3) is 0 Å². The third-order valence-corrected chi connectivity index (χ3v) is 8.89. The molecule has 1 nitrogen and oxygen atoms in total. The van der Waals surface area contributed by atoms with E-state index < -0.39 is 0 Å². The van der Waals surface area contributed by atoms with Crippen LogP contribution in [0.5, 0.6) is 5.75 Å². The lowest BCUT2D eigenvalue weighted by Crippen LogP contribution is -2.34. The van der Waals surface area contributed by atoms with E-state index in [1.54, 1.807) is 6.07 Å². The van der Waals surface area contributed by atoms with Gasteiger partial charge in [0.1, 0.15) is 18.2 Å². The van der Waals surface area contributed by atoms with Gasteiger partial charge in [-0.25, -0.2) is 4.39 Å². The molecule has 3 aliphatic carbocycles. The van der Waals surface area contributed by atoms with Crippen LogP contribution in [-0.4, -0.2) is 6.61 Å². The van der Waals surface area contributed by atoms with Gasteiger partial charge in [0, 0.05) is 6.07 Å². The Kier molecular flexibility index (Phi) is 8.13. The Balaban J connectivity index is 1.27. The molecule has 4 rings (SSSR count). The minimum absolute atomic E-state index is 0.0780. The van der Waals surface area contributed by atoms with E-state index in [4.69, 9.17) is 4.74 Å². The van der Waals surface area contributed by atoms with E-state index >= 15 is 0 Å². The molecule has 3 fully saturated rings. The Morgan fingerprint density at radius 2 is 1.58 bits per heavy atom. The van der Waals surface area contributed by atoms with E-state index in [-0.39, 0.29) is 5.82 Å². The zero-order chi connectivity index (χ0) is 21.6. The Hall–Kier alpha value is -1.31. The summed E-state index contributed by atoms with van der Waals surface area (Å²) in [5, 5.41) is 0. The SMILES string of the molecule is C/C=C/COc1ccc(C2CCC(C3CCC4CC(CCC)CCC4C3)CC2)c(F)c1. The Morgan fingerprint density at radius 1 is 0.903 bits per heavy atom. The fourth-order valence-corrected chi connectivity index (χ4v) is 7.19. The van der Waals surface area contributed by atoms with Crippen molar-refractivity contribution in [3.05, 3.63) is 41.7 Å². The van der Waals surface area contributed by atoms with Gasteiger partial charge in [0.05, 0.1) is 0 Å². The molecule has 3 aliphatic rings. The molecule has 0 spiro atoms. The highest BCUT2D eigenvalue weighted by Gasteiger charge is 2.38. The van der Waals surface area contributed by atoms with Crippen LogP contribution in [0.1, 0.15) is 102 Å². The first-order chi connectivity index (χ1) is 15.2. The van der Waals surface area contributed by atoms with Crippen molar-refractivity contribution in [3.8, 4) is 5.75 Å². The second-order valence-electron chi connectivity index (χ2n) is 10.7. The predicted molar refractivity (Wildman–Crippen MR) is 128 cm³/mol. The van der Waals surface area contributed by atoms with Crippen molar-refractivity contribution in [2.24, 2.45) is 29.6 Å². The van der Waals surface area contributed by atoms with Crippen LogP contribution in [-0.2, 0) is 0 Å². The van der Waals surface area contributed by atoms with Crippen LogP contribution >= 0.6 is 0 Å². The summed E-state index contributed by atoms with van der Waals surface area (Å²) in [5.41, 5.74) is 0.912. The molecule has 0 saturated heterocycles. The maximum absolute atomic E-state index is 14.8. The van der Waals surface area contributed by atoms with Crippen LogP contribution in [0.25, 0.3) is 0 Å². The average molecular weight is 427 g/mol. The normalized spacial score (nSPS) is 33.9. The zero-order valence-electron chi connectivity index (χ0n) is 19.8. The zero-order valence-corrected chi connectivity index (χ0v) is 19.8. The summed E-state index contributed by atoms with van der Waals surface area (Å²) in [6, 6.07) is 5.51. The number of benzene rings is 1. The van der Waals surface area contributed by atoms with E-state index in [1.807, 2.05) is 31.2 Å². The summed E-state index contributed by atoms with van der Waals surface area (Å²) in [4.78, 5) is 0. The Labute approximate surface area is 189 Å². The number of rotatable bonds is 7. The molecule has 0 aromatic heterocycles. The first kappa shape index (κ1) is 22.9. The smallest absolute Gasteiger partial charge is 0.130 e. The lowest BCUT2D eigenvalue weighted by molar-refractivity contribution is 0.0617. The molecule has 2 heteroatoms. The van der Waals surface area contributed by atoms with Crippen molar-refractivity contribution in [3.63, 3.8) is 0 Å². The van der Waals surface area contributed by atoms with Crippen LogP contribution in [0.4, 0.5) is 4.39 Å². The monoisotopic (exact) mass is 426 g/mol. The van der Waals surface area contributed by atoms with Crippen molar-refractivity contribution >= 4 is 0 Å². The molecule has 0 amide bonds. The number of fused-ring (bicyclic) bond motifs is 1. The topological polar surface area (TPSA) is 9.23 Å². The standard InChI is InChI=1S/C29H43FO/c1-3-5-17-31-27-15-16-28(29(30)20-27)23-11-9-22(10-12-23)25-14-13-24-18-21(6-4-2)7-8-26(24)19-25/h3,5,15-16,20-26H,4,6-14,17-19H2,1-2H3/b5-3+. The van der Waals surface area contributed by atoms with Gasteiger partial charge in [0.2, 0.25) is 0 Å². The Morgan fingerprint density at radius 3 is 2.29 bits per heavy atom. The maximum Gasteiger partial charge on any atom is 0.130 e. The molecule has 31 heavy (non-hydrogen) atoms. The molecule has 0 radical (unpaired) electrons. The second kappa shape index (κ2) is 11.0. The highest BCUT2D eigenvalue weighted by atomic mass is 19.1. The number of halogens is 1. The quantitative estimate of drug-likeness (QED) is 0.396. The van der Waals surface area contributed by atoms with Gasteiger partial charge >= 0.3 is 0 Å². The van der Waals surface area contributed by atoms with Crippen LogP contribution in [0, 0.1) is 35.4 Å². The average Bonchev–Trinajstić information content (AvgIpc) is 2.79. The third kappa shape index (κ3) is 5.74. The van der Waals surface area contributed by atoms with Crippen molar-refractivity contribution in [1.29, 1.82) is 0 Å². The molecule has 0 heterocycles. The predicted octanol–water partition coefficient (Wildman–Crippen LogP) is 8.69. The first-order valence-electron chi connectivity index (χ1n) is 13.2. The summed E-state index contributed by atoms with van der Waals surface area (Å²) < 4.78 is 20.4. The third-order valence-electron chi connectivity index (χ3n) is 8.89. The molecule has 3 saturated carbocycles. The number of ether oxygens (including phenoxy) is 1. The van der Waals surface area contributed by atoms with Crippen molar-refractivity contribution in [1.82, 2.24) is 0 Å². The molecule has 0 N–H and O–H groups in total. The fraction of sp³-hybridized carbons (Fsp3) is 0.724. The van der Waals surface area contributed by atoms with E-state index in [0.29, 0.717) is 18.3 Å².